The number of rotatable bonds is 4. The predicted molar refractivity (Wildman–Crippen MR) is 75.8 cm³/mol. The number of carbonyl (C=O) groups excluding carboxylic acids is 1. The first-order valence-corrected chi connectivity index (χ1v) is 7.41. The van der Waals surface area contributed by atoms with Crippen molar-refractivity contribution >= 4 is 11.9 Å². The summed E-state index contributed by atoms with van der Waals surface area (Å²) in [6.07, 6.45) is 0.640. The van der Waals surface area contributed by atoms with E-state index in [1.165, 1.54) is 12.1 Å². The van der Waals surface area contributed by atoms with E-state index in [-0.39, 0.29) is 36.6 Å². The summed E-state index contributed by atoms with van der Waals surface area (Å²) in [4.78, 5) is 25.2. The zero-order valence-corrected chi connectivity index (χ0v) is 12.1. The van der Waals surface area contributed by atoms with E-state index < -0.39 is 12.0 Å². The summed E-state index contributed by atoms with van der Waals surface area (Å²) in [5, 5.41) is 8.95. The van der Waals surface area contributed by atoms with Gasteiger partial charge in [-0.25, -0.2) is 4.39 Å². The number of carboxylic acids is 1. The number of benzene rings is 1. The van der Waals surface area contributed by atoms with Crippen molar-refractivity contribution in [3.63, 3.8) is 0 Å². The van der Waals surface area contributed by atoms with Gasteiger partial charge in [-0.3, -0.25) is 9.59 Å². The summed E-state index contributed by atoms with van der Waals surface area (Å²) in [5.74, 6) is -1.24. The average molecular weight is 307 g/mol. The number of hydrogen-bond donors (Lipinski definition) is 1. The number of ether oxygens (including phenoxy) is 1. The van der Waals surface area contributed by atoms with E-state index in [1.807, 2.05) is 0 Å². The molecule has 118 valence electrons. The third-order valence-electron chi connectivity index (χ3n) is 4.33. The molecule has 3 rings (SSSR count). The van der Waals surface area contributed by atoms with Crippen LogP contribution in [0.25, 0.3) is 0 Å². The molecule has 0 radical (unpaired) electrons. The predicted octanol–water partition coefficient (Wildman–Crippen LogP) is 1.63. The normalized spacial score (nSPS) is 27.5. The largest absolute Gasteiger partial charge is 0.481 e. The molecular weight excluding hydrogens is 289 g/mol. The van der Waals surface area contributed by atoms with Crippen LogP contribution in [-0.2, 0) is 14.3 Å². The number of hydrogen-bond acceptors (Lipinski definition) is 3. The van der Waals surface area contributed by atoms with E-state index in [0.717, 1.165) is 12.0 Å². The molecule has 0 spiro atoms. The third kappa shape index (κ3) is 3.11. The Kier molecular flexibility index (Phi) is 4.11. The van der Waals surface area contributed by atoms with Crippen LogP contribution >= 0.6 is 0 Å². The number of aliphatic carboxylic acids is 1. The van der Waals surface area contributed by atoms with Crippen LogP contribution < -0.4 is 0 Å². The number of morpholine rings is 1. The van der Waals surface area contributed by atoms with Gasteiger partial charge >= 0.3 is 5.97 Å². The lowest BCUT2D eigenvalue weighted by atomic mass is 10.1. The minimum Gasteiger partial charge on any atom is -0.481 e. The molecule has 1 N–H and O–H groups in total. The van der Waals surface area contributed by atoms with Gasteiger partial charge in [-0.15, -0.1) is 0 Å². The maximum Gasteiger partial charge on any atom is 0.305 e. The standard InChI is InChI=1S/C16H18FNO4/c17-11-3-1-10(2-4-11)13-8-14(13)16(21)18-5-6-22-9-12(18)7-15(19)20/h1-4,12-14H,5-9H2,(H,19,20). The first-order valence-electron chi connectivity index (χ1n) is 7.41. The van der Waals surface area contributed by atoms with Crippen LogP contribution in [0.3, 0.4) is 0 Å². The molecule has 2 aliphatic rings. The molecule has 1 aromatic carbocycles. The quantitative estimate of drug-likeness (QED) is 0.918. The fourth-order valence-corrected chi connectivity index (χ4v) is 3.07. The average Bonchev–Trinajstić information content (AvgIpc) is 3.28. The van der Waals surface area contributed by atoms with Gasteiger partial charge in [0.25, 0.3) is 0 Å². The fourth-order valence-electron chi connectivity index (χ4n) is 3.07. The molecule has 1 aromatic rings. The molecule has 1 saturated carbocycles. The fraction of sp³-hybridized carbons (Fsp3) is 0.500. The highest BCUT2D eigenvalue weighted by Crippen LogP contribution is 2.48. The molecule has 0 bridgehead atoms. The molecule has 22 heavy (non-hydrogen) atoms. The number of halogens is 1. The van der Waals surface area contributed by atoms with E-state index in [9.17, 15) is 14.0 Å². The van der Waals surface area contributed by atoms with Crippen LogP contribution in [0.15, 0.2) is 24.3 Å². The number of amides is 1. The number of carbonyl (C=O) groups is 2. The Hall–Kier alpha value is -1.95. The minimum atomic E-state index is -0.931. The SMILES string of the molecule is O=C(O)CC1COCCN1C(=O)C1CC1c1ccc(F)cc1. The van der Waals surface area contributed by atoms with E-state index in [4.69, 9.17) is 9.84 Å². The summed E-state index contributed by atoms with van der Waals surface area (Å²) in [7, 11) is 0. The van der Waals surface area contributed by atoms with Crippen molar-refractivity contribution in [2.75, 3.05) is 19.8 Å². The lowest BCUT2D eigenvalue weighted by molar-refractivity contribution is -0.147. The van der Waals surface area contributed by atoms with Crippen LogP contribution in [-0.4, -0.2) is 47.7 Å². The summed E-state index contributed by atoms with van der Waals surface area (Å²) >= 11 is 0. The zero-order chi connectivity index (χ0) is 15.7. The molecule has 6 heteroatoms. The molecule has 2 fully saturated rings. The topological polar surface area (TPSA) is 66.8 Å². The summed E-state index contributed by atoms with van der Waals surface area (Å²) in [5.41, 5.74) is 0.961. The van der Waals surface area contributed by atoms with Crippen molar-refractivity contribution < 1.29 is 23.8 Å². The maximum absolute atomic E-state index is 12.9. The molecule has 1 amide bonds. The van der Waals surface area contributed by atoms with Gasteiger partial charge in [0.2, 0.25) is 5.91 Å². The molecular formula is C16H18FNO4. The Morgan fingerprint density at radius 2 is 2.05 bits per heavy atom. The minimum absolute atomic E-state index is 0.0103. The van der Waals surface area contributed by atoms with Gasteiger partial charge in [-0.05, 0) is 30.0 Å². The number of carboxylic acid groups (broad SMARTS) is 1. The molecule has 5 nitrogen and oxygen atoms in total. The zero-order valence-electron chi connectivity index (χ0n) is 12.1. The summed E-state index contributed by atoms with van der Waals surface area (Å²) < 4.78 is 18.2. The second kappa shape index (κ2) is 6.04. The van der Waals surface area contributed by atoms with Crippen LogP contribution in [0.2, 0.25) is 0 Å². The van der Waals surface area contributed by atoms with Gasteiger partial charge in [0.15, 0.2) is 0 Å². The van der Waals surface area contributed by atoms with Crippen LogP contribution in [0.1, 0.15) is 24.3 Å². The monoisotopic (exact) mass is 307 g/mol. The Balaban J connectivity index is 1.66. The van der Waals surface area contributed by atoms with Gasteiger partial charge in [0, 0.05) is 12.5 Å². The Bertz CT molecular complexity index is 574. The van der Waals surface area contributed by atoms with Crippen LogP contribution in [0.5, 0.6) is 0 Å². The lowest BCUT2D eigenvalue weighted by Gasteiger charge is -2.35. The lowest BCUT2D eigenvalue weighted by Crippen LogP contribution is -2.50. The summed E-state index contributed by atoms with van der Waals surface area (Å²) in [6.45, 7) is 1.14. The highest BCUT2D eigenvalue weighted by atomic mass is 19.1. The molecule has 1 aliphatic carbocycles. The maximum atomic E-state index is 12.9. The van der Waals surface area contributed by atoms with Gasteiger partial charge < -0.3 is 14.7 Å². The Morgan fingerprint density at radius 3 is 2.73 bits per heavy atom. The van der Waals surface area contributed by atoms with Crippen LogP contribution in [0.4, 0.5) is 4.39 Å². The Morgan fingerprint density at radius 1 is 1.32 bits per heavy atom. The summed E-state index contributed by atoms with van der Waals surface area (Å²) in [6, 6.07) is 5.82. The molecule has 1 heterocycles. The molecule has 3 atom stereocenters. The first-order chi connectivity index (χ1) is 10.6. The van der Waals surface area contributed by atoms with E-state index in [0.29, 0.717) is 13.2 Å². The highest BCUT2D eigenvalue weighted by molar-refractivity contribution is 5.84. The second-order valence-electron chi connectivity index (χ2n) is 5.86. The van der Waals surface area contributed by atoms with E-state index in [1.54, 1.807) is 17.0 Å². The second-order valence-corrected chi connectivity index (χ2v) is 5.86. The van der Waals surface area contributed by atoms with Gasteiger partial charge in [0.05, 0.1) is 25.7 Å². The van der Waals surface area contributed by atoms with Crippen molar-refractivity contribution in [1.82, 2.24) is 4.90 Å². The van der Waals surface area contributed by atoms with E-state index in [2.05, 4.69) is 0 Å². The smallest absolute Gasteiger partial charge is 0.305 e. The van der Waals surface area contributed by atoms with Gasteiger partial charge in [-0.1, -0.05) is 12.1 Å². The highest BCUT2D eigenvalue weighted by Gasteiger charge is 2.47. The van der Waals surface area contributed by atoms with Crippen molar-refractivity contribution in [3.05, 3.63) is 35.6 Å². The van der Waals surface area contributed by atoms with Crippen molar-refractivity contribution in [2.24, 2.45) is 5.92 Å². The van der Waals surface area contributed by atoms with E-state index >= 15 is 0 Å². The van der Waals surface area contributed by atoms with Crippen molar-refractivity contribution in [3.8, 4) is 0 Å². The first kappa shape index (κ1) is 15.0. The molecule has 1 aliphatic heterocycles. The van der Waals surface area contributed by atoms with Crippen molar-refractivity contribution in [1.29, 1.82) is 0 Å². The van der Waals surface area contributed by atoms with Crippen LogP contribution in [0, 0.1) is 11.7 Å². The van der Waals surface area contributed by atoms with Gasteiger partial charge in [0.1, 0.15) is 5.82 Å². The van der Waals surface area contributed by atoms with Gasteiger partial charge in [-0.2, -0.15) is 0 Å². The molecule has 1 saturated heterocycles. The Labute approximate surface area is 127 Å². The van der Waals surface area contributed by atoms with Crippen molar-refractivity contribution in [2.45, 2.75) is 24.8 Å². The molecule has 0 aromatic heterocycles. The number of nitrogens with zero attached hydrogens (tertiary/aromatic N) is 1. The molecule has 3 unspecified atom stereocenters. The third-order valence-corrected chi connectivity index (χ3v) is 4.33.